The zero-order chi connectivity index (χ0) is 38.8. The van der Waals surface area contributed by atoms with Crippen LogP contribution in [0.15, 0.2) is 54.6 Å². The molecule has 0 atom stereocenters. The van der Waals surface area contributed by atoms with Crippen LogP contribution in [0.5, 0.6) is 23.0 Å². The Morgan fingerprint density at radius 2 is 1.29 bits per heavy atom. The van der Waals surface area contributed by atoms with Crippen LogP contribution in [-0.2, 0) is 13.0 Å². The summed E-state index contributed by atoms with van der Waals surface area (Å²) in [6.07, 6.45) is 7.29. The maximum absolute atomic E-state index is 6.64. The van der Waals surface area contributed by atoms with Gasteiger partial charge in [0.2, 0.25) is 0 Å². The lowest BCUT2D eigenvalue weighted by Crippen LogP contribution is -2.25. The number of hydrogen-bond donors (Lipinski definition) is 0. The maximum atomic E-state index is 6.64. The van der Waals surface area contributed by atoms with Crippen molar-refractivity contribution in [3.05, 3.63) is 65.2 Å². The number of aromatic nitrogens is 2. The average Bonchev–Trinajstić information content (AvgIpc) is 3.86. The molecule has 0 spiro atoms. The van der Waals surface area contributed by atoms with E-state index in [-0.39, 0.29) is 0 Å². The van der Waals surface area contributed by atoms with Gasteiger partial charge in [0.15, 0.2) is 5.75 Å². The molecule has 55 heavy (non-hydrogen) atoms. The first-order valence-corrected chi connectivity index (χ1v) is 21.4. The minimum absolute atomic E-state index is 0.549. The van der Waals surface area contributed by atoms with E-state index in [4.69, 9.17) is 35.5 Å². The van der Waals surface area contributed by atoms with E-state index >= 15 is 0 Å². The van der Waals surface area contributed by atoms with Gasteiger partial charge < -0.3 is 33.3 Å². The maximum Gasteiger partial charge on any atom is 0.150 e. The van der Waals surface area contributed by atoms with Crippen LogP contribution in [-0.4, -0.2) is 110 Å². The molecule has 0 bridgehead atoms. The van der Waals surface area contributed by atoms with Gasteiger partial charge in [-0.1, -0.05) is 64.8 Å². The van der Waals surface area contributed by atoms with Gasteiger partial charge in [0.25, 0.3) is 0 Å². The molecule has 0 aliphatic carbocycles. The van der Waals surface area contributed by atoms with Crippen LogP contribution in [0.3, 0.4) is 0 Å². The molecule has 0 N–H and O–H groups in total. The van der Waals surface area contributed by atoms with Crippen LogP contribution in [0.1, 0.15) is 78.7 Å². The van der Waals surface area contributed by atoms with Gasteiger partial charge >= 0.3 is 0 Å². The van der Waals surface area contributed by atoms with Crippen LogP contribution in [0.25, 0.3) is 22.4 Å². The first-order chi connectivity index (χ1) is 27.0. The van der Waals surface area contributed by atoms with Crippen molar-refractivity contribution < 1.29 is 18.9 Å². The van der Waals surface area contributed by atoms with Crippen molar-refractivity contribution in [2.45, 2.75) is 86.1 Å². The van der Waals surface area contributed by atoms with Gasteiger partial charge in [0.1, 0.15) is 35.2 Å². The van der Waals surface area contributed by atoms with E-state index in [0.29, 0.717) is 26.4 Å². The van der Waals surface area contributed by atoms with E-state index in [1.54, 1.807) is 0 Å². The van der Waals surface area contributed by atoms with Crippen molar-refractivity contribution in [2.24, 2.45) is 0 Å². The lowest BCUT2D eigenvalue weighted by Gasteiger charge is -2.19. The lowest BCUT2D eigenvalue weighted by molar-refractivity contribution is 0.235. The zero-order valence-corrected chi connectivity index (χ0v) is 35.0. The molecule has 3 aromatic carbocycles. The summed E-state index contributed by atoms with van der Waals surface area (Å²) in [6.45, 7) is 23.7. The Balaban J connectivity index is 1.47. The molecular formula is C45H66ClN5O4. The highest BCUT2D eigenvalue weighted by molar-refractivity contribution is 6.30. The van der Waals surface area contributed by atoms with Gasteiger partial charge in [-0.25, -0.2) is 4.98 Å². The zero-order valence-electron chi connectivity index (χ0n) is 34.3. The number of hydrogen-bond acceptors (Lipinski definition) is 8. The molecule has 0 unspecified atom stereocenters. The SMILES string of the molecule is CCCCn1c(-c2ccc(OCCc3ccc(Cl)cc3)cc2OCCCN(CC)CC)nc2c(OCCN3CCCC3)cc(OCCCN(CC)CC)cc21. The van der Waals surface area contributed by atoms with E-state index < -0.39 is 0 Å². The summed E-state index contributed by atoms with van der Waals surface area (Å²) in [6, 6.07) is 18.3. The molecule has 1 aliphatic rings. The minimum atomic E-state index is 0.549. The number of benzene rings is 3. The highest BCUT2D eigenvalue weighted by atomic mass is 35.5. The van der Waals surface area contributed by atoms with Crippen molar-refractivity contribution in [1.29, 1.82) is 0 Å². The third-order valence-corrected chi connectivity index (χ3v) is 11.0. The van der Waals surface area contributed by atoms with Crippen LogP contribution in [0.2, 0.25) is 5.02 Å². The first kappa shape index (κ1) is 42.6. The van der Waals surface area contributed by atoms with Crippen LogP contribution in [0, 0.1) is 0 Å². The smallest absolute Gasteiger partial charge is 0.150 e. The number of fused-ring (bicyclic) bond motifs is 1. The Kier molecular flexibility index (Phi) is 17.8. The first-order valence-electron chi connectivity index (χ1n) is 21.1. The minimum Gasteiger partial charge on any atom is -0.493 e. The second-order valence-electron chi connectivity index (χ2n) is 14.5. The quantitative estimate of drug-likeness (QED) is 0.0585. The van der Waals surface area contributed by atoms with E-state index in [1.165, 1.54) is 18.4 Å². The topological polar surface area (TPSA) is 64.5 Å². The number of likely N-dealkylation sites (tertiary alicyclic amines) is 1. The molecule has 10 heteroatoms. The Morgan fingerprint density at radius 1 is 0.655 bits per heavy atom. The van der Waals surface area contributed by atoms with Gasteiger partial charge in [-0.3, -0.25) is 4.90 Å². The van der Waals surface area contributed by atoms with Gasteiger partial charge in [-0.15, -0.1) is 0 Å². The highest BCUT2D eigenvalue weighted by Gasteiger charge is 2.22. The molecular weight excluding hydrogens is 710 g/mol. The normalized spacial score (nSPS) is 13.4. The van der Waals surface area contributed by atoms with Crippen LogP contribution >= 0.6 is 11.6 Å². The van der Waals surface area contributed by atoms with Gasteiger partial charge in [0.05, 0.1) is 30.9 Å². The number of ether oxygens (including phenoxy) is 4. The van der Waals surface area contributed by atoms with Crippen molar-refractivity contribution in [1.82, 2.24) is 24.3 Å². The number of aryl methyl sites for hydroxylation is 1. The molecule has 0 amide bonds. The van der Waals surface area contributed by atoms with Crippen LogP contribution in [0.4, 0.5) is 0 Å². The molecule has 4 aromatic rings. The molecule has 1 aromatic heterocycles. The molecule has 2 heterocycles. The van der Waals surface area contributed by atoms with Gasteiger partial charge in [0, 0.05) is 55.8 Å². The molecule has 1 fully saturated rings. The molecule has 0 radical (unpaired) electrons. The van der Waals surface area contributed by atoms with Gasteiger partial charge in [-0.05, 0) is 101 Å². The number of halogens is 1. The standard InChI is InChI=1S/C45H66ClN5O4/c1-6-11-27-51-41-33-39(52-29-14-25-48(7-2)8-3)35-43(55-32-28-50-23-12-13-24-50)44(41)47-45(51)40-21-20-38(53-31-22-36-16-18-37(46)19-17-36)34-42(40)54-30-15-26-49(9-4)10-5/h16-21,33-35H,6-15,22-32H2,1-5H3. The monoisotopic (exact) mass is 775 g/mol. The number of nitrogens with zero attached hydrogens (tertiary/aromatic N) is 5. The van der Waals surface area contributed by atoms with Crippen molar-refractivity contribution in [3.63, 3.8) is 0 Å². The fraction of sp³-hybridized carbons (Fsp3) is 0.578. The summed E-state index contributed by atoms with van der Waals surface area (Å²) in [5.41, 5.74) is 4.02. The van der Waals surface area contributed by atoms with Crippen LogP contribution < -0.4 is 18.9 Å². The molecule has 9 nitrogen and oxygen atoms in total. The summed E-state index contributed by atoms with van der Waals surface area (Å²) in [5.74, 6) is 4.03. The van der Waals surface area contributed by atoms with E-state index in [0.717, 1.165) is 148 Å². The second kappa shape index (κ2) is 22.9. The fourth-order valence-corrected chi connectivity index (χ4v) is 7.39. The predicted molar refractivity (Wildman–Crippen MR) is 228 cm³/mol. The second-order valence-corrected chi connectivity index (χ2v) is 14.9. The van der Waals surface area contributed by atoms with Crippen molar-refractivity contribution in [2.75, 3.05) is 85.3 Å². The summed E-state index contributed by atoms with van der Waals surface area (Å²) in [4.78, 5) is 12.7. The Hall–Kier alpha value is -3.50. The molecule has 0 saturated carbocycles. The van der Waals surface area contributed by atoms with E-state index in [9.17, 15) is 0 Å². The van der Waals surface area contributed by atoms with E-state index in [1.807, 2.05) is 42.5 Å². The summed E-state index contributed by atoms with van der Waals surface area (Å²) in [5, 5.41) is 0.739. The molecule has 1 aliphatic heterocycles. The predicted octanol–water partition coefficient (Wildman–Crippen LogP) is 9.47. The average molecular weight is 777 g/mol. The molecule has 1 saturated heterocycles. The molecule has 5 rings (SSSR count). The largest absolute Gasteiger partial charge is 0.493 e. The Morgan fingerprint density at radius 3 is 1.96 bits per heavy atom. The highest BCUT2D eigenvalue weighted by Crippen LogP contribution is 2.39. The fourth-order valence-electron chi connectivity index (χ4n) is 7.26. The lowest BCUT2D eigenvalue weighted by atomic mass is 10.1. The third kappa shape index (κ3) is 12.8. The summed E-state index contributed by atoms with van der Waals surface area (Å²) in [7, 11) is 0. The van der Waals surface area contributed by atoms with Crippen molar-refractivity contribution in [3.8, 4) is 34.4 Å². The third-order valence-electron chi connectivity index (χ3n) is 10.7. The van der Waals surface area contributed by atoms with Gasteiger partial charge in [-0.2, -0.15) is 0 Å². The van der Waals surface area contributed by atoms with Crippen molar-refractivity contribution >= 4 is 22.6 Å². The van der Waals surface area contributed by atoms with E-state index in [2.05, 4.69) is 66.0 Å². The number of rotatable bonds is 26. The molecule has 302 valence electrons. The Bertz CT molecular complexity index is 1700. The number of unbranched alkanes of at least 4 members (excludes halogenated alkanes) is 1. The Labute approximate surface area is 335 Å². The summed E-state index contributed by atoms with van der Waals surface area (Å²) >= 11 is 6.11. The summed E-state index contributed by atoms with van der Waals surface area (Å²) < 4.78 is 28.4. The number of imidazole rings is 1.